The number of carbonyl (C=O) groups is 1. The van der Waals surface area contributed by atoms with Gasteiger partial charge in [-0.25, -0.2) is 4.79 Å². The number of carbonyl (C=O) groups excluding carboxylic acids is 1. The molecule has 2 rings (SSSR count). The summed E-state index contributed by atoms with van der Waals surface area (Å²) in [6.07, 6.45) is 1.84. The fraction of sp³-hybridized carbons (Fsp3) is 0.345. The topological polar surface area (TPSA) is 69.4 Å². The fourth-order valence-electron chi connectivity index (χ4n) is 2.99. The van der Waals surface area contributed by atoms with Crippen molar-refractivity contribution < 1.29 is 14.5 Å². The van der Waals surface area contributed by atoms with E-state index in [0.29, 0.717) is 25.7 Å². The number of allylic oxidation sites excluding steroid dienone is 1. The summed E-state index contributed by atoms with van der Waals surface area (Å²) in [5.41, 5.74) is 3.44. The smallest absolute Gasteiger partial charge is 0.339 e. The summed E-state index contributed by atoms with van der Waals surface area (Å²) in [5, 5.41) is 10.8. The second kappa shape index (κ2) is 12.4. The molecule has 0 heterocycles. The van der Waals surface area contributed by atoms with Gasteiger partial charge in [-0.15, -0.1) is 0 Å². The lowest BCUT2D eigenvalue weighted by molar-refractivity contribution is -0.384. The molecule has 0 amide bonds. The van der Waals surface area contributed by atoms with E-state index in [0.717, 1.165) is 11.1 Å². The maximum absolute atomic E-state index is 12.5. The highest BCUT2D eigenvalue weighted by Crippen LogP contribution is 2.22. The van der Waals surface area contributed by atoms with Gasteiger partial charge in [-0.3, -0.25) is 10.1 Å². The Morgan fingerprint density at radius 2 is 1.74 bits per heavy atom. The van der Waals surface area contributed by atoms with E-state index in [2.05, 4.69) is 63.2 Å². The molecule has 0 saturated carbocycles. The minimum atomic E-state index is -0.588. The van der Waals surface area contributed by atoms with E-state index in [9.17, 15) is 14.9 Å². The SMILES string of the molecule is C=C(C)CC#CC(CCCC#Cc1ccc(C(C)(C)C)cc1)OC(=O)c1ccc([N+](=O)[O-])cc1. The third kappa shape index (κ3) is 8.96. The van der Waals surface area contributed by atoms with Crippen molar-refractivity contribution in [3.63, 3.8) is 0 Å². The predicted molar refractivity (Wildman–Crippen MR) is 135 cm³/mol. The molecule has 0 radical (unpaired) electrons. The molecule has 0 saturated heterocycles. The first-order valence-corrected chi connectivity index (χ1v) is 11.2. The molecule has 0 aromatic heterocycles. The van der Waals surface area contributed by atoms with Gasteiger partial charge in [-0.05, 0) is 55.0 Å². The van der Waals surface area contributed by atoms with Crippen molar-refractivity contribution in [3.8, 4) is 23.7 Å². The van der Waals surface area contributed by atoms with Gasteiger partial charge in [0.15, 0.2) is 6.10 Å². The second-order valence-corrected chi connectivity index (χ2v) is 9.17. The van der Waals surface area contributed by atoms with Crippen LogP contribution >= 0.6 is 0 Å². The highest BCUT2D eigenvalue weighted by atomic mass is 16.6. The largest absolute Gasteiger partial charge is 0.446 e. The number of non-ortho nitro benzene ring substituents is 1. The Balaban J connectivity index is 1.97. The standard InChI is InChI=1S/C29H31NO4/c1-22(2)10-9-13-27(34-28(31)24-16-20-26(21-17-24)30(32)33)12-8-6-7-11-23-14-18-25(19-15-23)29(3,4)5/h14-21,27H,1,6,8,10,12H2,2-5H3. The molecule has 2 aromatic rings. The van der Waals surface area contributed by atoms with Crippen molar-refractivity contribution in [1.82, 2.24) is 0 Å². The van der Waals surface area contributed by atoms with Crippen LogP contribution in [0.4, 0.5) is 5.69 Å². The lowest BCUT2D eigenvalue weighted by Crippen LogP contribution is -2.17. The summed E-state index contributed by atoms with van der Waals surface area (Å²) in [5.74, 6) is 11.8. The van der Waals surface area contributed by atoms with Crippen LogP contribution in [0.5, 0.6) is 0 Å². The number of esters is 1. The van der Waals surface area contributed by atoms with Crippen molar-refractivity contribution in [2.75, 3.05) is 0 Å². The zero-order valence-electron chi connectivity index (χ0n) is 20.3. The molecule has 0 spiro atoms. The monoisotopic (exact) mass is 457 g/mol. The Bertz CT molecular complexity index is 1130. The summed E-state index contributed by atoms with van der Waals surface area (Å²) < 4.78 is 5.57. The van der Waals surface area contributed by atoms with Gasteiger partial charge in [0.1, 0.15) is 0 Å². The maximum Gasteiger partial charge on any atom is 0.339 e. The number of nitrogens with zero attached hydrogens (tertiary/aromatic N) is 1. The lowest BCUT2D eigenvalue weighted by atomic mass is 9.87. The molecule has 176 valence electrons. The molecular weight excluding hydrogens is 426 g/mol. The van der Waals surface area contributed by atoms with Gasteiger partial charge in [0.05, 0.1) is 10.5 Å². The average molecular weight is 458 g/mol. The van der Waals surface area contributed by atoms with Crippen molar-refractivity contribution in [2.24, 2.45) is 0 Å². The summed E-state index contributed by atoms with van der Waals surface area (Å²) in [7, 11) is 0. The lowest BCUT2D eigenvalue weighted by Gasteiger charge is -2.18. The third-order valence-corrected chi connectivity index (χ3v) is 4.97. The van der Waals surface area contributed by atoms with Crippen LogP contribution in [0, 0.1) is 33.8 Å². The molecule has 5 heteroatoms. The van der Waals surface area contributed by atoms with Crippen LogP contribution in [0.3, 0.4) is 0 Å². The van der Waals surface area contributed by atoms with E-state index in [1.54, 1.807) is 0 Å². The quantitative estimate of drug-likeness (QED) is 0.117. The zero-order valence-corrected chi connectivity index (χ0v) is 20.3. The Kier molecular flexibility index (Phi) is 9.65. The number of unbranched alkanes of at least 4 members (excludes halogenated alkanes) is 1. The summed E-state index contributed by atoms with van der Waals surface area (Å²) >= 11 is 0. The van der Waals surface area contributed by atoms with Crippen molar-refractivity contribution in [3.05, 3.63) is 87.5 Å². The summed E-state index contributed by atoms with van der Waals surface area (Å²) in [6.45, 7) is 12.3. The summed E-state index contributed by atoms with van der Waals surface area (Å²) in [4.78, 5) is 22.8. The molecular formula is C29H31NO4. The van der Waals surface area contributed by atoms with Crippen LogP contribution in [-0.2, 0) is 10.2 Å². The second-order valence-electron chi connectivity index (χ2n) is 9.17. The molecule has 1 atom stereocenters. The van der Waals surface area contributed by atoms with Gasteiger partial charge in [-0.1, -0.05) is 68.7 Å². The molecule has 0 bridgehead atoms. The van der Waals surface area contributed by atoms with Crippen LogP contribution in [-0.4, -0.2) is 17.0 Å². The molecule has 0 N–H and O–H groups in total. The van der Waals surface area contributed by atoms with Crippen molar-refractivity contribution in [1.29, 1.82) is 0 Å². The van der Waals surface area contributed by atoms with Crippen LogP contribution in [0.2, 0.25) is 0 Å². The van der Waals surface area contributed by atoms with E-state index < -0.39 is 17.0 Å². The molecule has 0 aliphatic heterocycles. The number of hydrogen-bond acceptors (Lipinski definition) is 4. The number of nitro groups is 1. The van der Waals surface area contributed by atoms with E-state index >= 15 is 0 Å². The number of rotatable bonds is 7. The first-order chi connectivity index (χ1) is 16.1. The number of benzene rings is 2. The zero-order chi connectivity index (χ0) is 25.1. The number of hydrogen-bond donors (Lipinski definition) is 0. The minimum absolute atomic E-state index is 0.0824. The normalized spacial score (nSPS) is 11.3. The third-order valence-electron chi connectivity index (χ3n) is 4.97. The molecule has 0 aliphatic carbocycles. The fourth-order valence-corrected chi connectivity index (χ4v) is 2.99. The van der Waals surface area contributed by atoms with Crippen molar-refractivity contribution >= 4 is 11.7 Å². The van der Waals surface area contributed by atoms with Gasteiger partial charge in [0, 0.05) is 30.5 Å². The van der Waals surface area contributed by atoms with E-state index in [-0.39, 0.29) is 16.7 Å². The van der Waals surface area contributed by atoms with Crippen LogP contribution < -0.4 is 0 Å². The molecule has 1 unspecified atom stereocenters. The highest BCUT2D eigenvalue weighted by molar-refractivity contribution is 5.89. The van der Waals surface area contributed by atoms with Crippen LogP contribution in [0.15, 0.2) is 60.7 Å². The predicted octanol–water partition coefficient (Wildman–Crippen LogP) is 6.61. The Labute approximate surface area is 202 Å². The Morgan fingerprint density at radius 3 is 2.29 bits per heavy atom. The van der Waals surface area contributed by atoms with Crippen LogP contribution in [0.1, 0.15) is 74.9 Å². The van der Waals surface area contributed by atoms with Gasteiger partial charge in [0.2, 0.25) is 0 Å². The van der Waals surface area contributed by atoms with Gasteiger partial charge in [0.25, 0.3) is 5.69 Å². The van der Waals surface area contributed by atoms with Crippen molar-refractivity contribution in [2.45, 2.75) is 64.9 Å². The molecule has 5 nitrogen and oxygen atoms in total. The highest BCUT2D eigenvalue weighted by Gasteiger charge is 2.15. The number of nitro benzene ring substituents is 1. The molecule has 0 fully saturated rings. The average Bonchev–Trinajstić information content (AvgIpc) is 2.78. The number of ether oxygens (including phenoxy) is 1. The Morgan fingerprint density at radius 1 is 1.09 bits per heavy atom. The molecule has 2 aromatic carbocycles. The molecule has 34 heavy (non-hydrogen) atoms. The van der Waals surface area contributed by atoms with Gasteiger partial charge >= 0.3 is 5.97 Å². The van der Waals surface area contributed by atoms with Gasteiger partial charge < -0.3 is 4.74 Å². The van der Waals surface area contributed by atoms with E-state index in [1.165, 1.54) is 29.8 Å². The maximum atomic E-state index is 12.5. The first-order valence-electron chi connectivity index (χ1n) is 11.2. The van der Waals surface area contributed by atoms with E-state index in [4.69, 9.17) is 4.74 Å². The summed E-state index contributed by atoms with van der Waals surface area (Å²) in [6, 6.07) is 13.6. The first kappa shape index (κ1) is 26.4. The molecule has 0 aliphatic rings. The van der Waals surface area contributed by atoms with Gasteiger partial charge in [-0.2, -0.15) is 0 Å². The minimum Gasteiger partial charge on any atom is -0.446 e. The van der Waals surface area contributed by atoms with Crippen LogP contribution in [0.25, 0.3) is 0 Å². The Hall–Kier alpha value is -3.83. The van der Waals surface area contributed by atoms with E-state index in [1.807, 2.05) is 19.1 Å².